The van der Waals surface area contributed by atoms with Crippen LogP contribution < -0.4 is 5.32 Å². The van der Waals surface area contributed by atoms with Crippen LogP contribution in [0.4, 0.5) is 10.2 Å². The molecule has 0 atom stereocenters. The van der Waals surface area contributed by atoms with Gasteiger partial charge in [-0.15, -0.1) is 0 Å². The summed E-state index contributed by atoms with van der Waals surface area (Å²) >= 11 is 6.47. The third-order valence-electron chi connectivity index (χ3n) is 2.16. The van der Waals surface area contributed by atoms with Gasteiger partial charge in [0.15, 0.2) is 5.82 Å². The zero-order chi connectivity index (χ0) is 12.4. The molecule has 3 nitrogen and oxygen atoms in total. The first kappa shape index (κ1) is 12.4. The zero-order valence-electron chi connectivity index (χ0n) is 8.84. The summed E-state index contributed by atoms with van der Waals surface area (Å²) in [6.07, 6.45) is 1.66. The molecule has 6 heteroatoms. The Balaban J connectivity index is 2.49. The van der Waals surface area contributed by atoms with Gasteiger partial charge in [0.2, 0.25) is 0 Å². The molecule has 1 aromatic carbocycles. The van der Waals surface area contributed by atoms with Crippen LogP contribution in [0.3, 0.4) is 0 Å². The van der Waals surface area contributed by atoms with Gasteiger partial charge >= 0.3 is 0 Å². The second kappa shape index (κ2) is 5.10. The number of halogens is 3. The average molecular weight is 361 g/mol. The molecular weight excluding hydrogens is 353 g/mol. The molecule has 0 bridgehead atoms. The van der Waals surface area contributed by atoms with Gasteiger partial charge in [-0.1, -0.05) is 0 Å². The minimum Gasteiger partial charge on any atom is -0.372 e. The van der Waals surface area contributed by atoms with Crippen LogP contribution in [-0.2, 0) is 0 Å². The molecule has 17 heavy (non-hydrogen) atoms. The van der Waals surface area contributed by atoms with Crippen LogP contribution in [-0.4, -0.2) is 17.0 Å². The van der Waals surface area contributed by atoms with E-state index in [4.69, 9.17) is 0 Å². The SMILES string of the molecule is CNc1nc(-c2ccc(F)c(Br)c2)ncc1Br. The smallest absolute Gasteiger partial charge is 0.161 e. The summed E-state index contributed by atoms with van der Waals surface area (Å²) in [6.45, 7) is 0. The first-order chi connectivity index (χ1) is 8.11. The molecule has 0 saturated heterocycles. The molecule has 2 rings (SSSR count). The van der Waals surface area contributed by atoms with E-state index in [0.717, 1.165) is 10.0 Å². The molecular formula is C11H8Br2FN3. The highest BCUT2D eigenvalue weighted by Gasteiger charge is 2.08. The molecule has 0 radical (unpaired) electrons. The van der Waals surface area contributed by atoms with Crippen molar-refractivity contribution < 1.29 is 4.39 Å². The fourth-order valence-electron chi connectivity index (χ4n) is 1.32. The summed E-state index contributed by atoms with van der Waals surface area (Å²) < 4.78 is 14.3. The molecule has 0 aliphatic carbocycles. The molecule has 0 aliphatic heterocycles. The summed E-state index contributed by atoms with van der Waals surface area (Å²) in [6, 6.07) is 4.67. The van der Waals surface area contributed by atoms with Crippen molar-refractivity contribution in [1.82, 2.24) is 9.97 Å². The van der Waals surface area contributed by atoms with E-state index in [-0.39, 0.29) is 5.82 Å². The standard InChI is InChI=1S/C11H8Br2FN3/c1-15-11-8(13)5-16-10(17-11)6-2-3-9(14)7(12)4-6/h2-5H,1H3,(H,15,16,17). The summed E-state index contributed by atoms with van der Waals surface area (Å²) in [4.78, 5) is 8.51. The Morgan fingerprint density at radius 2 is 2.00 bits per heavy atom. The highest BCUT2D eigenvalue weighted by Crippen LogP contribution is 2.25. The van der Waals surface area contributed by atoms with Crippen LogP contribution in [0.5, 0.6) is 0 Å². The summed E-state index contributed by atoms with van der Waals surface area (Å²) in [7, 11) is 1.78. The van der Waals surface area contributed by atoms with E-state index in [1.54, 1.807) is 25.4 Å². The van der Waals surface area contributed by atoms with Gasteiger partial charge in [-0.05, 0) is 50.1 Å². The Bertz CT molecular complexity index is 560. The summed E-state index contributed by atoms with van der Waals surface area (Å²) in [5.41, 5.74) is 0.752. The Kier molecular flexibility index (Phi) is 3.73. The molecule has 0 saturated carbocycles. The number of nitrogens with zero attached hydrogens (tertiary/aromatic N) is 2. The molecule has 1 N–H and O–H groups in total. The van der Waals surface area contributed by atoms with Gasteiger partial charge < -0.3 is 5.32 Å². The number of nitrogens with one attached hydrogen (secondary N) is 1. The van der Waals surface area contributed by atoms with E-state index in [0.29, 0.717) is 16.1 Å². The maximum atomic E-state index is 13.1. The Morgan fingerprint density at radius 3 is 2.65 bits per heavy atom. The van der Waals surface area contributed by atoms with Crippen molar-refractivity contribution in [2.45, 2.75) is 0 Å². The molecule has 1 heterocycles. The van der Waals surface area contributed by atoms with Gasteiger partial charge in [-0.2, -0.15) is 0 Å². The maximum Gasteiger partial charge on any atom is 0.161 e. The molecule has 0 amide bonds. The van der Waals surface area contributed by atoms with E-state index < -0.39 is 0 Å². The molecule has 2 aromatic rings. The van der Waals surface area contributed by atoms with Crippen molar-refractivity contribution in [3.8, 4) is 11.4 Å². The second-order valence-corrected chi connectivity index (χ2v) is 4.98. The third-order valence-corrected chi connectivity index (χ3v) is 3.35. The topological polar surface area (TPSA) is 37.8 Å². The van der Waals surface area contributed by atoms with Gasteiger partial charge in [0, 0.05) is 18.8 Å². The average Bonchev–Trinajstić information content (AvgIpc) is 2.33. The molecule has 0 unspecified atom stereocenters. The van der Waals surface area contributed by atoms with Crippen LogP contribution in [0.15, 0.2) is 33.3 Å². The van der Waals surface area contributed by atoms with Gasteiger partial charge in [0.25, 0.3) is 0 Å². The van der Waals surface area contributed by atoms with E-state index in [2.05, 4.69) is 47.1 Å². The lowest BCUT2D eigenvalue weighted by atomic mass is 10.2. The van der Waals surface area contributed by atoms with Crippen LogP contribution >= 0.6 is 31.9 Å². The van der Waals surface area contributed by atoms with Crippen molar-refractivity contribution >= 4 is 37.7 Å². The first-order valence-electron chi connectivity index (χ1n) is 4.77. The fraction of sp³-hybridized carbons (Fsp3) is 0.0909. The highest BCUT2D eigenvalue weighted by atomic mass is 79.9. The van der Waals surface area contributed by atoms with Gasteiger partial charge in [-0.3, -0.25) is 0 Å². The van der Waals surface area contributed by atoms with Crippen LogP contribution in [0, 0.1) is 5.82 Å². The largest absolute Gasteiger partial charge is 0.372 e. The van der Waals surface area contributed by atoms with Crippen molar-refractivity contribution in [1.29, 1.82) is 0 Å². The van der Waals surface area contributed by atoms with Gasteiger partial charge in [-0.25, -0.2) is 14.4 Å². The lowest BCUT2D eigenvalue weighted by Crippen LogP contribution is -1.97. The minimum absolute atomic E-state index is 0.306. The van der Waals surface area contributed by atoms with Gasteiger partial charge in [0.1, 0.15) is 11.6 Å². The number of aromatic nitrogens is 2. The van der Waals surface area contributed by atoms with E-state index in [9.17, 15) is 4.39 Å². The zero-order valence-corrected chi connectivity index (χ0v) is 12.0. The van der Waals surface area contributed by atoms with E-state index in [1.165, 1.54) is 6.07 Å². The normalized spacial score (nSPS) is 10.4. The predicted molar refractivity (Wildman–Crippen MR) is 72.4 cm³/mol. The van der Waals surface area contributed by atoms with E-state index >= 15 is 0 Å². The Hall–Kier alpha value is -1.01. The molecule has 0 fully saturated rings. The van der Waals surface area contributed by atoms with Crippen LogP contribution in [0.1, 0.15) is 0 Å². The second-order valence-electron chi connectivity index (χ2n) is 3.27. The molecule has 0 aliphatic rings. The van der Waals surface area contributed by atoms with Gasteiger partial charge in [0.05, 0.1) is 8.95 Å². The Morgan fingerprint density at radius 1 is 1.24 bits per heavy atom. The van der Waals surface area contributed by atoms with Crippen molar-refractivity contribution in [2.75, 3.05) is 12.4 Å². The summed E-state index contributed by atoms with van der Waals surface area (Å²) in [5.74, 6) is 0.924. The summed E-state index contributed by atoms with van der Waals surface area (Å²) in [5, 5.41) is 2.95. The lowest BCUT2D eigenvalue weighted by molar-refractivity contribution is 0.621. The molecule has 88 valence electrons. The predicted octanol–water partition coefficient (Wildman–Crippen LogP) is 3.85. The number of rotatable bonds is 2. The lowest BCUT2D eigenvalue weighted by Gasteiger charge is -2.06. The fourth-order valence-corrected chi connectivity index (χ4v) is 2.08. The number of hydrogen-bond donors (Lipinski definition) is 1. The quantitative estimate of drug-likeness (QED) is 0.883. The van der Waals surface area contributed by atoms with Crippen LogP contribution in [0.2, 0.25) is 0 Å². The molecule has 1 aromatic heterocycles. The monoisotopic (exact) mass is 359 g/mol. The number of hydrogen-bond acceptors (Lipinski definition) is 3. The number of benzene rings is 1. The number of anilines is 1. The van der Waals surface area contributed by atoms with Crippen molar-refractivity contribution in [2.24, 2.45) is 0 Å². The molecule has 0 spiro atoms. The van der Waals surface area contributed by atoms with Crippen molar-refractivity contribution in [3.05, 3.63) is 39.2 Å². The van der Waals surface area contributed by atoms with Crippen LogP contribution in [0.25, 0.3) is 11.4 Å². The third kappa shape index (κ3) is 2.63. The minimum atomic E-state index is -0.306. The highest BCUT2D eigenvalue weighted by molar-refractivity contribution is 9.10. The Labute approximate surface area is 115 Å². The first-order valence-corrected chi connectivity index (χ1v) is 6.36. The maximum absolute atomic E-state index is 13.1. The van der Waals surface area contributed by atoms with Crippen molar-refractivity contribution in [3.63, 3.8) is 0 Å². The van der Waals surface area contributed by atoms with E-state index in [1.807, 2.05) is 0 Å².